The van der Waals surface area contributed by atoms with Gasteiger partial charge in [-0.05, 0) is 105 Å². The lowest BCUT2D eigenvalue weighted by atomic mass is 9.77. The lowest BCUT2D eigenvalue weighted by Gasteiger charge is -2.49. The Balaban J connectivity index is 1.22. The Kier molecular flexibility index (Phi) is 22.9. The number of carbonyl (C=O) groups excluding carboxylic acids is 2. The number of aromatic nitrogens is 3. The third-order valence-electron chi connectivity index (χ3n) is 17.8. The number of hydrogen-bond acceptors (Lipinski definition) is 20. The predicted octanol–water partition coefficient (Wildman–Crippen LogP) is 2.64. The maximum Gasteiger partial charge on any atom is 0.311 e. The molecule has 0 unspecified atom stereocenters. The standard InChI is InChI=1S/C57H96FN7O15/c1-15-44-57(10,73)50(69)37(6)62(12)30-33(2)27-55(8,72)52(35(4)48(36(5)53(71)78-44)79-46-28-56(9,75-14)51(70)38(7)77-46)80-54-47(68)42(26-34(3)76-54)61(11)21-20-40-31-65(60-59-40)43(29-58)49(74-13)39-16-18-41(19-17-39)63-22-24-64(25-23-63)45(67)32-66/h16-19,31,33-38,42-44,46-52,54,66,68-70,72-73H,15,20-30,32H2,1-14H3/t33-,34-,35+,36-,37-,38+,42+,43-,44-,46+,47-,48+,49-,50-,51+,52-,54+,55-,56-,57-/m1/s1. The number of halogens is 1. The molecule has 6 N–H and O–H groups in total. The summed E-state index contributed by atoms with van der Waals surface area (Å²) in [6.45, 7) is 19.1. The molecule has 20 atom stereocenters. The minimum atomic E-state index is -1.86. The molecule has 1 aromatic carbocycles. The summed E-state index contributed by atoms with van der Waals surface area (Å²) in [6, 6.07) is 5.75. The van der Waals surface area contributed by atoms with E-state index in [1.807, 2.05) is 62.0 Å². The number of aliphatic hydroxyl groups excluding tert-OH is 4. The van der Waals surface area contributed by atoms with Gasteiger partial charge in [0, 0.05) is 96.2 Å². The number of cyclic esters (lactones) is 1. The van der Waals surface area contributed by atoms with Crippen molar-refractivity contribution in [2.24, 2.45) is 17.8 Å². The Labute approximate surface area is 472 Å². The zero-order valence-corrected chi connectivity index (χ0v) is 49.8. The lowest BCUT2D eigenvalue weighted by Crippen LogP contribution is -2.61. The van der Waals surface area contributed by atoms with E-state index in [-0.39, 0.29) is 31.1 Å². The fourth-order valence-corrected chi connectivity index (χ4v) is 12.7. The van der Waals surface area contributed by atoms with Crippen molar-refractivity contribution in [3.8, 4) is 0 Å². The molecule has 5 heterocycles. The van der Waals surface area contributed by atoms with E-state index in [1.165, 1.54) is 25.8 Å². The second kappa shape index (κ2) is 27.9. The summed E-state index contributed by atoms with van der Waals surface area (Å²) < 4.78 is 60.8. The quantitative estimate of drug-likeness (QED) is 0.124. The number of carbonyl (C=O) groups is 2. The van der Waals surface area contributed by atoms with E-state index in [0.717, 1.165) is 11.3 Å². The maximum absolute atomic E-state index is 15.0. The monoisotopic (exact) mass is 1140 g/mol. The molecule has 6 rings (SSSR count). The number of aliphatic hydroxyl groups is 6. The number of alkyl halides is 1. The first kappa shape index (κ1) is 65.6. The minimum absolute atomic E-state index is 0.0754. The summed E-state index contributed by atoms with van der Waals surface area (Å²) in [4.78, 5) is 34.2. The van der Waals surface area contributed by atoms with E-state index in [9.17, 15) is 40.2 Å². The van der Waals surface area contributed by atoms with Crippen molar-refractivity contribution >= 4 is 17.6 Å². The molecule has 80 heavy (non-hydrogen) atoms. The Hall–Kier alpha value is -3.53. The van der Waals surface area contributed by atoms with E-state index >= 15 is 4.39 Å². The molecule has 1 aromatic heterocycles. The van der Waals surface area contributed by atoms with Gasteiger partial charge < -0.3 is 83.4 Å². The second-order valence-electron chi connectivity index (χ2n) is 24.1. The van der Waals surface area contributed by atoms with Gasteiger partial charge >= 0.3 is 5.97 Å². The Bertz CT molecular complexity index is 2260. The van der Waals surface area contributed by atoms with Gasteiger partial charge in [-0.1, -0.05) is 38.1 Å². The van der Waals surface area contributed by atoms with Crippen molar-refractivity contribution in [1.82, 2.24) is 29.7 Å². The van der Waals surface area contributed by atoms with Crippen LogP contribution in [0, 0.1) is 17.8 Å². The molecule has 4 saturated heterocycles. The maximum atomic E-state index is 15.0. The Morgan fingerprint density at radius 1 is 0.950 bits per heavy atom. The van der Waals surface area contributed by atoms with Crippen molar-refractivity contribution in [2.75, 3.05) is 85.8 Å². The largest absolute Gasteiger partial charge is 0.459 e. The highest BCUT2D eigenvalue weighted by molar-refractivity contribution is 5.77. The first-order valence-electron chi connectivity index (χ1n) is 28.6. The number of piperazine rings is 1. The molecule has 0 spiro atoms. The number of hydrogen-bond donors (Lipinski definition) is 6. The third kappa shape index (κ3) is 15.0. The van der Waals surface area contributed by atoms with Gasteiger partial charge in [-0.2, -0.15) is 0 Å². The van der Waals surface area contributed by atoms with Crippen molar-refractivity contribution in [3.63, 3.8) is 0 Å². The van der Waals surface area contributed by atoms with Crippen LogP contribution in [0.25, 0.3) is 0 Å². The summed E-state index contributed by atoms with van der Waals surface area (Å²) in [5.41, 5.74) is -2.34. The Morgan fingerprint density at radius 3 is 2.21 bits per heavy atom. The van der Waals surface area contributed by atoms with E-state index in [4.69, 9.17) is 33.2 Å². The normalized spacial score (nSPS) is 38.4. The molecular weight excluding hydrogens is 1040 g/mol. The molecule has 0 aliphatic carbocycles. The summed E-state index contributed by atoms with van der Waals surface area (Å²) in [5, 5.41) is 78.0. The Morgan fingerprint density at radius 2 is 1.61 bits per heavy atom. The molecule has 2 aromatic rings. The first-order chi connectivity index (χ1) is 37.6. The molecule has 0 radical (unpaired) electrons. The van der Waals surface area contributed by atoms with Crippen LogP contribution in [0.5, 0.6) is 0 Å². The number of rotatable bonds is 17. The highest BCUT2D eigenvalue weighted by atomic mass is 19.1. The van der Waals surface area contributed by atoms with Gasteiger partial charge in [0.1, 0.15) is 55.4 Å². The van der Waals surface area contributed by atoms with Gasteiger partial charge in [0.05, 0.1) is 47.2 Å². The van der Waals surface area contributed by atoms with E-state index in [2.05, 4.69) is 15.2 Å². The van der Waals surface area contributed by atoms with E-state index in [1.54, 1.807) is 59.6 Å². The summed E-state index contributed by atoms with van der Waals surface area (Å²) >= 11 is 0. The SMILES string of the molecule is CC[C@H]1OC(=O)[C@H](C)[C@@H](O[C@H]2C[C@@](C)(OC)[C@@H](O)[C@H](C)O2)[C@H](C)[C@@H](O[C@@H]2O[C@H](C)C[C@H](N(C)CCc3cn([C@H](CF)[C@H](OC)c4ccc(N5CCN(C(=O)CO)CC5)cc4)nn3)[C@H]2O)[C@](C)(O)C[C@@H](C)CN(C)[C@H](C)[C@@H](O)[C@]1(C)O. The van der Waals surface area contributed by atoms with Gasteiger partial charge in [-0.25, -0.2) is 9.07 Å². The number of likely N-dealkylation sites (N-methyl/N-ethyl adjacent to an activating group) is 2. The smallest absolute Gasteiger partial charge is 0.311 e. The van der Waals surface area contributed by atoms with Crippen LogP contribution in [-0.4, -0.2) is 243 Å². The number of ether oxygens (including phenoxy) is 7. The molecule has 4 aliphatic heterocycles. The van der Waals surface area contributed by atoms with Crippen LogP contribution in [-0.2, 0) is 49.2 Å². The third-order valence-corrected chi connectivity index (χ3v) is 17.8. The summed E-state index contributed by atoms with van der Waals surface area (Å²) in [6.07, 6.45) is -8.22. The molecule has 456 valence electrons. The number of methoxy groups -OCH3 is 2. The van der Waals surface area contributed by atoms with Crippen LogP contribution in [0.1, 0.15) is 118 Å². The zero-order chi connectivity index (χ0) is 59.2. The van der Waals surface area contributed by atoms with Crippen molar-refractivity contribution in [3.05, 3.63) is 41.7 Å². The number of anilines is 1. The first-order valence-corrected chi connectivity index (χ1v) is 28.6. The second-order valence-corrected chi connectivity index (χ2v) is 24.1. The lowest BCUT2D eigenvalue weighted by molar-refractivity contribution is -0.318. The van der Waals surface area contributed by atoms with Gasteiger partial charge in [-0.3, -0.25) is 9.59 Å². The predicted molar refractivity (Wildman–Crippen MR) is 294 cm³/mol. The average Bonchev–Trinajstić information content (AvgIpc) is 3.94. The molecule has 0 bridgehead atoms. The van der Waals surface area contributed by atoms with Crippen LogP contribution >= 0.6 is 0 Å². The average molecular weight is 1140 g/mol. The molecule has 1 amide bonds. The molecular formula is C57H96FN7O15. The molecule has 4 fully saturated rings. The highest BCUT2D eigenvalue weighted by Crippen LogP contribution is 2.41. The van der Waals surface area contributed by atoms with Gasteiger partial charge in [-0.15, -0.1) is 5.10 Å². The van der Waals surface area contributed by atoms with Crippen molar-refractivity contribution < 1.29 is 77.8 Å². The zero-order valence-electron chi connectivity index (χ0n) is 49.8. The number of esters is 1. The summed E-state index contributed by atoms with van der Waals surface area (Å²) in [5.74, 6) is -3.21. The summed E-state index contributed by atoms with van der Waals surface area (Å²) in [7, 11) is 6.72. The van der Waals surface area contributed by atoms with E-state index in [0.29, 0.717) is 57.8 Å². The number of benzene rings is 1. The van der Waals surface area contributed by atoms with Crippen LogP contribution < -0.4 is 4.90 Å². The number of nitrogens with zero attached hydrogens (tertiary/aromatic N) is 7. The van der Waals surface area contributed by atoms with Crippen LogP contribution in [0.3, 0.4) is 0 Å². The van der Waals surface area contributed by atoms with Crippen LogP contribution in [0.4, 0.5) is 10.1 Å². The minimum Gasteiger partial charge on any atom is -0.459 e. The van der Waals surface area contributed by atoms with Crippen LogP contribution in [0.2, 0.25) is 0 Å². The van der Waals surface area contributed by atoms with Gasteiger partial charge in [0.25, 0.3) is 0 Å². The fraction of sp³-hybridized carbons (Fsp3) is 0.825. The van der Waals surface area contributed by atoms with Gasteiger partial charge in [0.15, 0.2) is 12.6 Å². The molecule has 23 heteroatoms. The highest BCUT2D eigenvalue weighted by Gasteiger charge is 2.53. The van der Waals surface area contributed by atoms with Crippen LogP contribution in [0.15, 0.2) is 30.5 Å². The molecule has 4 aliphatic rings. The van der Waals surface area contributed by atoms with E-state index < -0.39 is 134 Å². The number of amides is 1. The molecule has 0 saturated carbocycles. The fourth-order valence-electron chi connectivity index (χ4n) is 12.7. The topological polar surface area (TPSA) is 264 Å². The van der Waals surface area contributed by atoms with Crippen molar-refractivity contribution in [1.29, 1.82) is 0 Å². The molecule has 22 nitrogen and oxygen atoms in total. The van der Waals surface area contributed by atoms with Gasteiger partial charge in [0.2, 0.25) is 5.91 Å². The van der Waals surface area contributed by atoms with Crippen molar-refractivity contribution in [2.45, 2.75) is 204 Å².